The molecule has 2 aromatic rings. The zero-order chi connectivity index (χ0) is 22.7. The molecule has 0 spiro atoms. The Balaban J connectivity index is 1.40. The molecule has 1 saturated heterocycles. The molecule has 1 N–H and O–H groups in total. The number of methoxy groups -OCH3 is 2. The summed E-state index contributed by atoms with van der Waals surface area (Å²) in [6.07, 6.45) is 0.121. The lowest BCUT2D eigenvalue weighted by Crippen LogP contribution is -2.32. The van der Waals surface area contributed by atoms with Crippen LogP contribution in [0.5, 0.6) is 17.2 Å². The van der Waals surface area contributed by atoms with Crippen LogP contribution in [0.2, 0.25) is 0 Å². The summed E-state index contributed by atoms with van der Waals surface area (Å²) in [5.74, 6) is 0.277. The molecule has 9 nitrogen and oxygen atoms in total. The van der Waals surface area contributed by atoms with Crippen LogP contribution in [0.15, 0.2) is 36.4 Å². The number of hydrogen-bond donors (Lipinski definition) is 1. The van der Waals surface area contributed by atoms with E-state index in [1.807, 2.05) is 0 Å². The van der Waals surface area contributed by atoms with Crippen molar-refractivity contribution in [2.45, 2.75) is 13.0 Å². The molecule has 2 aliphatic heterocycles. The second-order valence-electron chi connectivity index (χ2n) is 7.48. The number of nitrogens with zero attached hydrogens (tertiary/aromatic N) is 1. The van der Waals surface area contributed by atoms with E-state index >= 15 is 0 Å². The maximum atomic E-state index is 12.7. The van der Waals surface area contributed by atoms with Gasteiger partial charge in [-0.15, -0.1) is 0 Å². The predicted octanol–water partition coefficient (Wildman–Crippen LogP) is 1.92. The minimum atomic E-state index is -0.522. The van der Waals surface area contributed by atoms with Crippen LogP contribution in [0.3, 0.4) is 0 Å². The first-order valence-corrected chi connectivity index (χ1v) is 10.2. The summed E-state index contributed by atoms with van der Waals surface area (Å²) in [6, 6.07) is 10.3. The molecule has 2 aromatic carbocycles. The van der Waals surface area contributed by atoms with E-state index in [1.165, 1.54) is 14.2 Å². The second kappa shape index (κ2) is 9.17. The zero-order valence-corrected chi connectivity index (χ0v) is 17.9. The maximum absolute atomic E-state index is 12.7. The first-order chi connectivity index (χ1) is 15.5. The summed E-state index contributed by atoms with van der Waals surface area (Å²) in [4.78, 5) is 38.8. The van der Waals surface area contributed by atoms with E-state index in [0.29, 0.717) is 41.7 Å². The molecule has 2 aliphatic rings. The molecule has 1 atom stereocenters. The molecule has 1 fully saturated rings. The SMILES string of the molecule is COC(=O)c1cc(CNC(=O)[C@H]2CC(=O)N(c3ccc4c(c3)OCCO4)C2)ccc1OC. The van der Waals surface area contributed by atoms with Gasteiger partial charge in [0.1, 0.15) is 24.5 Å². The van der Waals surface area contributed by atoms with Gasteiger partial charge in [-0.3, -0.25) is 9.59 Å². The molecule has 32 heavy (non-hydrogen) atoms. The average Bonchev–Trinajstić information content (AvgIpc) is 3.23. The lowest BCUT2D eigenvalue weighted by Gasteiger charge is -2.22. The maximum Gasteiger partial charge on any atom is 0.341 e. The highest BCUT2D eigenvalue weighted by Crippen LogP contribution is 2.36. The van der Waals surface area contributed by atoms with Crippen molar-refractivity contribution >= 4 is 23.5 Å². The normalized spacial score (nSPS) is 17.1. The molecule has 2 heterocycles. The van der Waals surface area contributed by atoms with Crippen LogP contribution in [0.1, 0.15) is 22.3 Å². The highest BCUT2D eigenvalue weighted by Gasteiger charge is 2.35. The minimum Gasteiger partial charge on any atom is -0.496 e. The van der Waals surface area contributed by atoms with Crippen molar-refractivity contribution in [1.29, 1.82) is 0 Å². The molecular formula is C23H24N2O7. The Morgan fingerprint density at radius 1 is 1.09 bits per heavy atom. The molecular weight excluding hydrogens is 416 g/mol. The molecule has 0 bridgehead atoms. The van der Waals surface area contributed by atoms with Gasteiger partial charge in [0.05, 0.1) is 20.1 Å². The summed E-state index contributed by atoms with van der Waals surface area (Å²) < 4.78 is 21.1. The number of esters is 1. The number of carbonyl (C=O) groups excluding carboxylic acids is 3. The van der Waals surface area contributed by atoms with E-state index in [0.717, 1.165) is 0 Å². The number of nitrogens with one attached hydrogen (secondary N) is 1. The number of hydrogen-bond acceptors (Lipinski definition) is 7. The number of carbonyl (C=O) groups is 3. The summed E-state index contributed by atoms with van der Waals surface area (Å²) in [7, 11) is 2.76. The highest BCUT2D eigenvalue weighted by molar-refractivity contribution is 6.00. The highest BCUT2D eigenvalue weighted by atomic mass is 16.6. The third kappa shape index (κ3) is 4.32. The number of ether oxygens (including phenoxy) is 4. The fourth-order valence-corrected chi connectivity index (χ4v) is 3.80. The molecule has 9 heteroatoms. The van der Waals surface area contributed by atoms with Crippen molar-refractivity contribution in [1.82, 2.24) is 5.32 Å². The summed E-state index contributed by atoms with van der Waals surface area (Å²) in [5, 5.41) is 2.85. The molecule has 0 unspecified atom stereocenters. The van der Waals surface area contributed by atoms with Gasteiger partial charge < -0.3 is 29.2 Å². The van der Waals surface area contributed by atoms with Crippen LogP contribution < -0.4 is 24.4 Å². The van der Waals surface area contributed by atoms with E-state index in [-0.39, 0.29) is 36.9 Å². The summed E-state index contributed by atoms with van der Waals surface area (Å²) >= 11 is 0. The van der Waals surface area contributed by atoms with E-state index < -0.39 is 11.9 Å². The predicted molar refractivity (Wildman–Crippen MR) is 114 cm³/mol. The Kier molecular flexibility index (Phi) is 6.16. The standard InChI is InChI=1S/C23H24N2O7/c1-29-18-5-3-14(9-17(18)23(28)30-2)12-24-22(27)15-10-21(26)25(13-15)16-4-6-19-20(11-16)32-8-7-31-19/h3-6,9,11,15H,7-8,10,12-13H2,1-2H3,(H,24,27)/t15-/m0/s1. The van der Waals surface area contributed by atoms with Crippen molar-refractivity contribution in [3.8, 4) is 17.2 Å². The number of anilines is 1. The number of fused-ring (bicyclic) bond motifs is 1. The van der Waals surface area contributed by atoms with Gasteiger partial charge in [0.15, 0.2) is 11.5 Å². The lowest BCUT2D eigenvalue weighted by atomic mass is 10.1. The fourth-order valence-electron chi connectivity index (χ4n) is 3.80. The van der Waals surface area contributed by atoms with Crippen LogP contribution >= 0.6 is 0 Å². The molecule has 0 saturated carbocycles. The van der Waals surface area contributed by atoms with Crippen molar-refractivity contribution < 1.29 is 33.3 Å². The fraction of sp³-hybridized carbons (Fsp3) is 0.348. The quantitative estimate of drug-likeness (QED) is 0.685. The minimum absolute atomic E-state index is 0.121. The first kappa shape index (κ1) is 21.5. The van der Waals surface area contributed by atoms with Gasteiger partial charge in [-0.25, -0.2) is 4.79 Å². The van der Waals surface area contributed by atoms with Gasteiger partial charge in [-0.1, -0.05) is 6.07 Å². The van der Waals surface area contributed by atoms with Crippen molar-refractivity contribution in [2.75, 3.05) is 38.9 Å². The summed E-state index contributed by atoms with van der Waals surface area (Å²) in [6.45, 7) is 1.44. The molecule has 0 radical (unpaired) electrons. The van der Waals surface area contributed by atoms with Crippen LogP contribution in [0.4, 0.5) is 5.69 Å². The molecule has 0 aliphatic carbocycles. The van der Waals surface area contributed by atoms with Crippen LogP contribution in [-0.4, -0.2) is 51.8 Å². The Morgan fingerprint density at radius 3 is 2.62 bits per heavy atom. The van der Waals surface area contributed by atoms with Crippen molar-refractivity contribution in [3.63, 3.8) is 0 Å². The van der Waals surface area contributed by atoms with Crippen LogP contribution in [-0.2, 0) is 20.9 Å². The van der Waals surface area contributed by atoms with Gasteiger partial charge in [0.25, 0.3) is 0 Å². The average molecular weight is 440 g/mol. The third-order valence-corrected chi connectivity index (χ3v) is 5.47. The van der Waals surface area contributed by atoms with E-state index in [9.17, 15) is 14.4 Å². The van der Waals surface area contributed by atoms with Gasteiger partial charge in [0.2, 0.25) is 11.8 Å². The number of benzene rings is 2. The zero-order valence-electron chi connectivity index (χ0n) is 17.9. The van der Waals surface area contributed by atoms with E-state index in [4.69, 9.17) is 18.9 Å². The van der Waals surface area contributed by atoms with Gasteiger partial charge in [-0.05, 0) is 29.8 Å². The topological polar surface area (TPSA) is 103 Å². The van der Waals surface area contributed by atoms with E-state index in [1.54, 1.807) is 41.3 Å². The molecule has 0 aromatic heterocycles. The van der Waals surface area contributed by atoms with Gasteiger partial charge in [-0.2, -0.15) is 0 Å². The molecule has 4 rings (SSSR count). The lowest BCUT2D eigenvalue weighted by molar-refractivity contribution is -0.126. The van der Waals surface area contributed by atoms with Gasteiger partial charge >= 0.3 is 5.97 Å². The smallest absolute Gasteiger partial charge is 0.341 e. The molecule has 2 amide bonds. The monoisotopic (exact) mass is 440 g/mol. The number of rotatable bonds is 6. The Bertz CT molecular complexity index is 1050. The van der Waals surface area contributed by atoms with E-state index in [2.05, 4.69) is 5.32 Å². The van der Waals surface area contributed by atoms with Crippen molar-refractivity contribution in [3.05, 3.63) is 47.5 Å². The van der Waals surface area contributed by atoms with Crippen LogP contribution in [0, 0.1) is 5.92 Å². The first-order valence-electron chi connectivity index (χ1n) is 10.2. The number of amides is 2. The Hall–Kier alpha value is -3.75. The Morgan fingerprint density at radius 2 is 1.88 bits per heavy atom. The largest absolute Gasteiger partial charge is 0.496 e. The van der Waals surface area contributed by atoms with Crippen LogP contribution in [0.25, 0.3) is 0 Å². The Labute approximate surface area is 185 Å². The second-order valence-corrected chi connectivity index (χ2v) is 7.48. The third-order valence-electron chi connectivity index (χ3n) is 5.47. The van der Waals surface area contributed by atoms with Gasteiger partial charge in [0, 0.05) is 31.3 Å². The molecule has 168 valence electrons. The summed E-state index contributed by atoms with van der Waals surface area (Å²) in [5.41, 5.74) is 1.67. The van der Waals surface area contributed by atoms with Crippen molar-refractivity contribution in [2.24, 2.45) is 5.92 Å².